The predicted molar refractivity (Wildman–Crippen MR) is 239 cm³/mol. The van der Waals surface area contributed by atoms with Gasteiger partial charge >= 0.3 is 17.6 Å². The number of allylic oxidation sites excluding steroid dienone is 2. The van der Waals surface area contributed by atoms with Gasteiger partial charge in [0.15, 0.2) is 17.3 Å². The molecule has 0 unspecified atom stereocenters. The predicted octanol–water partition coefficient (Wildman–Crippen LogP) is 5.38. The second-order valence-electron chi connectivity index (χ2n) is 16.2. The highest BCUT2D eigenvalue weighted by atomic mass is 35.5. The topological polar surface area (TPSA) is 203 Å². The highest BCUT2D eigenvalue weighted by molar-refractivity contribution is 6.33. The van der Waals surface area contributed by atoms with Crippen molar-refractivity contribution >= 4 is 51.9 Å². The first-order chi connectivity index (χ1) is 32.4. The highest BCUT2D eigenvalue weighted by Crippen LogP contribution is 2.64. The van der Waals surface area contributed by atoms with Crippen LogP contribution in [0.3, 0.4) is 0 Å². The number of aromatic hydroxyl groups is 1. The Morgan fingerprint density at radius 1 is 0.897 bits per heavy atom. The van der Waals surface area contributed by atoms with Crippen molar-refractivity contribution in [3.05, 3.63) is 136 Å². The number of aromatic nitrogens is 6. The summed E-state index contributed by atoms with van der Waals surface area (Å²) in [4.78, 5) is 81.8. The van der Waals surface area contributed by atoms with Crippen LogP contribution < -0.4 is 41.3 Å². The van der Waals surface area contributed by atoms with Crippen LogP contribution in [0, 0.1) is 5.92 Å². The largest absolute Gasteiger partial charge is 0.507 e. The van der Waals surface area contributed by atoms with E-state index in [1.807, 2.05) is 0 Å². The summed E-state index contributed by atoms with van der Waals surface area (Å²) in [5.41, 5.74) is -1.23. The Morgan fingerprint density at radius 2 is 1.59 bits per heavy atom. The lowest BCUT2D eigenvalue weighted by atomic mass is 9.53. The zero-order valence-corrected chi connectivity index (χ0v) is 38.1. The molecule has 4 atom stereocenters. The molecule has 3 aromatic carbocycles. The number of rotatable bonds is 11. The maximum atomic E-state index is 15.6. The first-order valence-corrected chi connectivity index (χ1v) is 21.5. The van der Waals surface area contributed by atoms with Gasteiger partial charge in [-0.1, -0.05) is 41.4 Å². The number of methoxy groups -OCH3 is 4. The third-order valence-corrected chi connectivity index (χ3v) is 13.5. The number of hydrogen-bond donors (Lipinski definition) is 2. The maximum Gasteiger partial charge on any atom is 0.417 e. The number of aryl methyl sites for hydroxylation is 2. The van der Waals surface area contributed by atoms with Crippen molar-refractivity contribution in [2.45, 2.75) is 49.5 Å². The number of phenols is 1. The number of alkyl halides is 3. The normalized spacial score (nSPS) is 19.9. The van der Waals surface area contributed by atoms with Crippen LogP contribution in [-0.2, 0) is 47.7 Å². The standard InChI is InChI=1S/C45H39Cl2F3N8O10/c1-54-31-19-34(67-4)33(66-3)18-29(31)52-28(40(54)61)11-12-55-42(63)56-13-10-25-30(58(56)43(55)64)17-26-39(60)57(53-38-27(47)14-22(20-51-38)45(48,49)50)41(62)44(26,21-6-8-23(46)9-7-21)37(25)36-32(59)15-24(65-2)16-35(36)68-5/h6-10,14-16,18-20,26,30,37,59H,11-13,17H2,1-5H3,(H,51,53)/t26-,30+,37+,44+/m0/s1. The molecule has 2 N–H and O–H groups in total. The van der Waals surface area contributed by atoms with E-state index in [0.29, 0.717) is 45.4 Å². The number of benzene rings is 3. The van der Waals surface area contributed by atoms with Gasteiger partial charge in [0.25, 0.3) is 17.4 Å². The minimum absolute atomic E-state index is 0.00800. The van der Waals surface area contributed by atoms with Gasteiger partial charge in [0.05, 0.1) is 74.0 Å². The lowest BCUT2D eigenvalue weighted by Crippen LogP contribution is -2.53. The van der Waals surface area contributed by atoms with Gasteiger partial charge in [-0.25, -0.2) is 33.5 Å². The van der Waals surface area contributed by atoms with Gasteiger partial charge in [0, 0.05) is 67.0 Å². The lowest BCUT2D eigenvalue weighted by Gasteiger charge is -2.49. The fourth-order valence-corrected chi connectivity index (χ4v) is 10.2. The number of carbonyl (C=O) groups excluding carboxylic acids is 2. The van der Waals surface area contributed by atoms with Gasteiger partial charge in [-0.15, -0.1) is 0 Å². The molecule has 6 aromatic rings. The number of amides is 2. The van der Waals surface area contributed by atoms with Crippen molar-refractivity contribution in [3.8, 4) is 28.7 Å². The fourth-order valence-electron chi connectivity index (χ4n) is 9.85. The van der Waals surface area contributed by atoms with Crippen LogP contribution in [0.25, 0.3) is 11.0 Å². The second kappa shape index (κ2) is 16.8. The quantitative estimate of drug-likeness (QED) is 0.124. The van der Waals surface area contributed by atoms with Gasteiger partial charge in [0.2, 0.25) is 0 Å². The summed E-state index contributed by atoms with van der Waals surface area (Å²) in [6.45, 7) is -0.519. The van der Waals surface area contributed by atoms with E-state index in [-0.39, 0.29) is 59.3 Å². The molecule has 1 saturated heterocycles. The molecule has 2 amide bonds. The molecule has 0 spiro atoms. The van der Waals surface area contributed by atoms with Crippen LogP contribution in [-0.4, -0.2) is 78.8 Å². The number of anilines is 1. The third-order valence-electron chi connectivity index (χ3n) is 13.0. The van der Waals surface area contributed by atoms with Crippen molar-refractivity contribution in [2.24, 2.45) is 13.0 Å². The van der Waals surface area contributed by atoms with E-state index < -0.39 is 80.4 Å². The first-order valence-electron chi connectivity index (χ1n) is 20.7. The smallest absolute Gasteiger partial charge is 0.417 e. The average molecular weight is 980 g/mol. The molecule has 1 saturated carbocycles. The molecule has 0 radical (unpaired) electrons. The van der Waals surface area contributed by atoms with E-state index in [4.69, 9.17) is 42.1 Å². The third kappa shape index (κ3) is 6.96. The molecule has 18 nitrogen and oxygen atoms in total. The Morgan fingerprint density at radius 3 is 2.24 bits per heavy atom. The van der Waals surface area contributed by atoms with E-state index in [1.54, 1.807) is 25.3 Å². The highest BCUT2D eigenvalue weighted by Gasteiger charge is 2.69. The minimum Gasteiger partial charge on any atom is -0.507 e. The summed E-state index contributed by atoms with van der Waals surface area (Å²) in [7, 11) is 7.14. The van der Waals surface area contributed by atoms with Gasteiger partial charge in [-0.2, -0.15) is 18.2 Å². The van der Waals surface area contributed by atoms with Crippen LogP contribution in [0.15, 0.2) is 86.8 Å². The van der Waals surface area contributed by atoms with Crippen molar-refractivity contribution in [3.63, 3.8) is 0 Å². The SMILES string of the molecule is COc1cc(O)c([C@H]2C3=CCn4c(=O)n(CCc5nc6cc(OC)c(OC)cc6n(C)c5=O)c(=O)n4[C@@H]3C[C@H]3C(=O)N(Nc4ncc(C(F)(F)F)cc4Cl)C(=O)[C@@]23c2ccc(Cl)cc2)c(OC)c1. The van der Waals surface area contributed by atoms with Gasteiger partial charge in [0.1, 0.15) is 22.9 Å². The van der Waals surface area contributed by atoms with Gasteiger partial charge < -0.3 is 28.6 Å². The monoisotopic (exact) mass is 978 g/mol. The molecule has 2 aliphatic heterocycles. The number of pyridine rings is 1. The fraction of sp³-hybridized carbons (Fsp3) is 0.311. The molecule has 23 heteroatoms. The molecule has 3 aromatic heterocycles. The molecule has 0 bridgehead atoms. The molecule has 1 aliphatic carbocycles. The summed E-state index contributed by atoms with van der Waals surface area (Å²) in [5.74, 6) is -4.59. The van der Waals surface area contributed by atoms with Crippen LogP contribution in [0.5, 0.6) is 28.7 Å². The Bertz CT molecular complexity index is 3310. The van der Waals surface area contributed by atoms with E-state index in [2.05, 4.69) is 15.4 Å². The number of fused-ring (bicyclic) bond motifs is 5. The number of hydrazine groups is 1. The number of carbonyl (C=O) groups is 2. The first kappa shape index (κ1) is 45.9. The number of hydrogen-bond acceptors (Lipinski definition) is 13. The molecule has 3 aliphatic rings. The molecular weight excluding hydrogens is 940 g/mol. The van der Waals surface area contributed by atoms with Crippen LogP contribution >= 0.6 is 23.2 Å². The number of halogens is 5. The zero-order valence-electron chi connectivity index (χ0n) is 36.6. The molecule has 68 heavy (non-hydrogen) atoms. The van der Waals surface area contributed by atoms with E-state index in [1.165, 1.54) is 78.8 Å². The van der Waals surface area contributed by atoms with Crippen molar-refractivity contribution in [1.29, 1.82) is 0 Å². The maximum absolute atomic E-state index is 15.6. The molecule has 5 heterocycles. The van der Waals surface area contributed by atoms with Crippen LogP contribution in [0.1, 0.15) is 40.8 Å². The molecule has 354 valence electrons. The molecule has 9 rings (SSSR count). The van der Waals surface area contributed by atoms with Crippen molar-refractivity contribution in [2.75, 3.05) is 33.9 Å². The van der Waals surface area contributed by atoms with E-state index >= 15 is 9.59 Å². The number of imide groups is 1. The van der Waals surface area contributed by atoms with Crippen LogP contribution in [0.4, 0.5) is 19.0 Å². The summed E-state index contributed by atoms with van der Waals surface area (Å²) >= 11 is 12.7. The summed E-state index contributed by atoms with van der Waals surface area (Å²) < 4.78 is 67.7. The Labute approximate surface area is 392 Å². The number of ether oxygens (including phenoxy) is 4. The number of nitrogens with zero attached hydrogens (tertiary/aromatic N) is 7. The molecule has 2 fully saturated rings. The van der Waals surface area contributed by atoms with E-state index in [0.717, 1.165) is 4.57 Å². The summed E-state index contributed by atoms with van der Waals surface area (Å²) in [6, 6.07) is 11.5. The number of nitrogens with one attached hydrogen (secondary N) is 1. The molecular formula is C45H39Cl2F3N8O10. The Hall–Kier alpha value is -7.26. The average Bonchev–Trinajstić information content (AvgIpc) is 3.69. The minimum atomic E-state index is -4.81. The van der Waals surface area contributed by atoms with Crippen molar-refractivity contribution in [1.82, 2.24) is 33.5 Å². The Kier molecular flexibility index (Phi) is 11.3. The lowest BCUT2D eigenvalue weighted by molar-refractivity contribution is -0.139. The number of phenolic OH excluding ortho intramolecular Hbond substituents is 1. The van der Waals surface area contributed by atoms with E-state index in [9.17, 15) is 32.7 Å². The summed E-state index contributed by atoms with van der Waals surface area (Å²) in [5, 5.41) is 12.3. The summed E-state index contributed by atoms with van der Waals surface area (Å²) in [6.07, 6.45) is -3.14. The van der Waals surface area contributed by atoms with Crippen molar-refractivity contribution < 1.29 is 46.8 Å². The van der Waals surface area contributed by atoms with Crippen LogP contribution in [0.2, 0.25) is 10.0 Å². The van der Waals surface area contributed by atoms with Gasteiger partial charge in [-0.3, -0.25) is 19.8 Å². The Balaban J connectivity index is 1.20. The second-order valence-corrected chi connectivity index (χ2v) is 17.1. The zero-order chi connectivity index (χ0) is 48.7. The van der Waals surface area contributed by atoms with Gasteiger partial charge in [-0.05, 0) is 35.8 Å².